The van der Waals surface area contributed by atoms with Crippen LogP contribution < -0.4 is 4.31 Å². The molecular formula is C13H13N3O4S. The van der Waals surface area contributed by atoms with Crippen molar-refractivity contribution >= 4 is 21.7 Å². The van der Waals surface area contributed by atoms with Gasteiger partial charge in [0.25, 0.3) is 10.0 Å². The second-order valence-corrected chi connectivity index (χ2v) is 6.62. The highest BCUT2D eigenvalue weighted by molar-refractivity contribution is 7.92. The largest absolute Gasteiger partial charge is 0.481 e. The van der Waals surface area contributed by atoms with Crippen molar-refractivity contribution in [2.45, 2.75) is 10.9 Å². The molecule has 0 amide bonds. The van der Waals surface area contributed by atoms with E-state index in [0.717, 1.165) is 4.31 Å². The highest BCUT2D eigenvalue weighted by Gasteiger charge is 2.40. The SMILES string of the molecule is Cn1ccc(S(=O)(=O)N2CC(C(=O)O)c3ccccc32)n1. The van der Waals surface area contributed by atoms with Crippen molar-refractivity contribution in [1.82, 2.24) is 9.78 Å². The van der Waals surface area contributed by atoms with Gasteiger partial charge >= 0.3 is 5.97 Å². The molecule has 0 bridgehead atoms. The van der Waals surface area contributed by atoms with E-state index in [0.29, 0.717) is 11.3 Å². The zero-order chi connectivity index (χ0) is 15.2. The normalized spacial score (nSPS) is 17.8. The Balaban J connectivity index is 2.10. The van der Waals surface area contributed by atoms with Crippen LogP contribution in [0.15, 0.2) is 41.6 Å². The van der Waals surface area contributed by atoms with E-state index in [4.69, 9.17) is 0 Å². The second-order valence-electron chi connectivity index (χ2n) is 4.81. The highest BCUT2D eigenvalue weighted by Crippen LogP contribution is 2.39. The fraction of sp³-hybridized carbons (Fsp3) is 0.231. The fourth-order valence-electron chi connectivity index (χ4n) is 2.45. The van der Waals surface area contributed by atoms with Gasteiger partial charge in [-0.15, -0.1) is 0 Å². The number of carboxylic acid groups (broad SMARTS) is 1. The van der Waals surface area contributed by atoms with Gasteiger partial charge in [0.05, 0.1) is 12.2 Å². The van der Waals surface area contributed by atoms with Crippen molar-refractivity contribution in [2.75, 3.05) is 10.8 Å². The number of sulfonamides is 1. The van der Waals surface area contributed by atoms with Crippen LogP contribution in [0.3, 0.4) is 0 Å². The molecular weight excluding hydrogens is 294 g/mol. The maximum absolute atomic E-state index is 12.6. The van der Waals surface area contributed by atoms with Crippen molar-refractivity contribution in [3.8, 4) is 0 Å². The maximum atomic E-state index is 12.6. The Hall–Kier alpha value is -2.35. The van der Waals surface area contributed by atoms with Crippen molar-refractivity contribution in [1.29, 1.82) is 0 Å². The molecule has 110 valence electrons. The predicted molar refractivity (Wildman–Crippen MR) is 74.6 cm³/mol. The summed E-state index contributed by atoms with van der Waals surface area (Å²) in [6.07, 6.45) is 1.53. The van der Waals surface area contributed by atoms with Crippen LogP contribution >= 0.6 is 0 Å². The Morgan fingerprint density at radius 2 is 2.05 bits per heavy atom. The molecule has 0 aliphatic carbocycles. The Morgan fingerprint density at radius 1 is 1.33 bits per heavy atom. The molecule has 1 atom stereocenters. The van der Waals surface area contributed by atoms with Crippen LogP contribution in [0, 0.1) is 0 Å². The lowest BCUT2D eigenvalue weighted by atomic mass is 10.0. The molecule has 0 fully saturated rings. The first-order valence-corrected chi connectivity index (χ1v) is 7.69. The van der Waals surface area contributed by atoms with Gasteiger partial charge in [-0.05, 0) is 17.7 Å². The number of rotatable bonds is 3. The predicted octanol–water partition coefficient (Wildman–Crippen LogP) is 0.797. The maximum Gasteiger partial charge on any atom is 0.312 e. The zero-order valence-corrected chi connectivity index (χ0v) is 12.0. The minimum absolute atomic E-state index is 0.0918. The first-order valence-electron chi connectivity index (χ1n) is 6.25. The number of carboxylic acids is 1. The van der Waals surface area contributed by atoms with Crippen LogP contribution in [0.5, 0.6) is 0 Å². The lowest BCUT2D eigenvalue weighted by molar-refractivity contribution is -0.138. The van der Waals surface area contributed by atoms with Crippen LogP contribution in [-0.4, -0.2) is 35.8 Å². The molecule has 3 rings (SSSR count). The van der Waals surface area contributed by atoms with E-state index < -0.39 is 21.9 Å². The second kappa shape index (κ2) is 4.59. The molecule has 0 saturated heterocycles. The number of fused-ring (bicyclic) bond motifs is 1. The third-order valence-corrected chi connectivity index (χ3v) is 5.14. The third kappa shape index (κ3) is 2.07. The molecule has 0 saturated carbocycles. The minimum atomic E-state index is -3.86. The first kappa shape index (κ1) is 13.6. The summed E-state index contributed by atoms with van der Waals surface area (Å²) >= 11 is 0. The van der Waals surface area contributed by atoms with E-state index in [-0.39, 0.29) is 11.6 Å². The lowest BCUT2D eigenvalue weighted by Crippen LogP contribution is -2.31. The van der Waals surface area contributed by atoms with Gasteiger partial charge in [-0.3, -0.25) is 13.8 Å². The summed E-state index contributed by atoms with van der Waals surface area (Å²) in [7, 11) is -2.24. The van der Waals surface area contributed by atoms with Gasteiger partial charge in [-0.1, -0.05) is 18.2 Å². The number of para-hydroxylation sites is 1. The summed E-state index contributed by atoms with van der Waals surface area (Å²) in [6, 6.07) is 8.03. The zero-order valence-electron chi connectivity index (χ0n) is 11.2. The van der Waals surface area contributed by atoms with Crippen LogP contribution in [0.2, 0.25) is 0 Å². The molecule has 21 heavy (non-hydrogen) atoms. The number of anilines is 1. The Labute approximate surface area is 121 Å². The van der Waals surface area contributed by atoms with Crippen LogP contribution in [0.4, 0.5) is 5.69 Å². The van der Waals surface area contributed by atoms with E-state index >= 15 is 0 Å². The van der Waals surface area contributed by atoms with Gasteiger partial charge in [0.15, 0.2) is 5.03 Å². The van der Waals surface area contributed by atoms with Gasteiger partial charge in [-0.25, -0.2) is 0 Å². The molecule has 0 radical (unpaired) electrons. The lowest BCUT2D eigenvalue weighted by Gasteiger charge is -2.17. The van der Waals surface area contributed by atoms with Crippen LogP contribution in [-0.2, 0) is 21.9 Å². The van der Waals surface area contributed by atoms with Crippen molar-refractivity contribution in [3.63, 3.8) is 0 Å². The molecule has 8 heteroatoms. The molecule has 0 spiro atoms. The molecule has 7 nitrogen and oxygen atoms in total. The standard InChI is InChI=1S/C13H13N3O4S/c1-15-7-6-12(14-15)21(19,20)16-8-10(13(17)18)9-4-2-3-5-11(9)16/h2-7,10H,8H2,1H3,(H,17,18). The number of aliphatic carboxylic acids is 1. The van der Waals surface area contributed by atoms with E-state index in [9.17, 15) is 18.3 Å². The number of benzene rings is 1. The number of hydrogen-bond donors (Lipinski definition) is 1. The number of hydrogen-bond acceptors (Lipinski definition) is 4. The monoisotopic (exact) mass is 307 g/mol. The topological polar surface area (TPSA) is 92.5 Å². The van der Waals surface area contributed by atoms with Gasteiger partial charge in [0.2, 0.25) is 0 Å². The Kier molecular flexibility index (Phi) is 2.98. The van der Waals surface area contributed by atoms with Gasteiger partial charge < -0.3 is 5.11 Å². The quantitative estimate of drug-likeness (QED) is 0.905. The summed E-state index contributed by atoms with van der Waals surface area (Å²) in [5.74, 6) is -1.90. The van der Waals surface area contributed by atoms with Crippen LogP contribution in [0.25, 0.3) is 0 Å². The minimum Gasteiger partial charge on any atom is -0.481 e. The van der Waals surface area contributed by atoms with E-state index in [1.807, 2.05) is 0 Å². The number of aryl methyl sites for hydroxylation is 1. The van der Waals surface area contributed by atoms with Gasteiger partial charge in [0, 0.05) is 13.2 Å². The average Bonchev–Trinajstić information content (AvgIpc) is 3.02. The molecule has 1 aliphatic rings. The molecule has 1 unspecified atom stereocenters. The smallest absolute Gasteiger partial charge is 0.312 e. The highest BCUT2D eigenvalue weighted by atomic mass is 32.2. The van der Waals surface area contributed by atoms with E-state index in [1.54, 1.807) is 31.3 Å². The summed E-state index contributed by atoms with van der Waals surface area (Å²) in [4.78, 5) is 11.3. The Morgan fingerprint density at radius 3 is 2.67 bits per heavy atom. The number of aromatic nitrogens is 2. The van der Waals surface area contributed by atoms with Crippen molar-refractivity contribution in [2.24, 2.45) is 7.05 Å². The van der Waals surface area contributed by atoms with Gasteiger partial charge in [-0.2, -0.15) is 13.5 Å². The third-order valence-electron chi connectivity index (χ3n) is 3.47. The fourth-order valence-corrected chi connectivity index (χ4v) is 3.92. The summed E-state index contributed by atoms with van der Waals surface area (Å²) in [6.45, 7) is -0.117. The molecule has 1 aliphatic heterocycles. The van der Waals surface area contributed by atoms with Crippen LogP contribution in [0.1, 0.15) is 11.5 Å². The molecule has 1 aromatic heterocycles. The molecule has 2 aromatic rings. The van der Waals surface area contributed by atoms with Crippen molar-refractivity contribution in [3.05, 3.63) is 42.1 Å². The molecule has 1 N–H and O–H groups in total. The average molecular weight is 307 g/mol. The summed E-state index contributed by atoms with van der Waals surface area (Å²) < 4.78 is 27.8. The Bertz CT molecular complexity index is 812. The van der Waals surface area contributed by atoms with Crippen molar-refractivity contribution < 1.29 is 18.3 Å². The van der Waals surface area contributed by atoms with E-state index in [2.05, 4.69) is 5.10 Å². The van der Waals surface area contributed by atoms with Gasteiger partial charge in [0.1, 0.15) is 5.92 Å². The summed E-state index contributed by atoms with van der Waals surface area (Å²) in [5, 5.41) is 13.1. The first-order chi connectivity index (χ1) is 9.91. The number of nitrogens with zero attached hydrogens (tertiary/aromatic N) is 3. The molecule has 2 heterocycles. The van der Waals surface area contributed by atoms with E-state index in [1.165, 1.54) is 16.9 Å². The number of carbonyl (C=O) groups is 1. The summed E-state index contributed by atoms with van der Waals surface area (Å²) in [5.41, 5.74) is 0.903. The molecule has 1 aromatic carbocycles.